The van der Waals surface area contributed by atoms with E-state index in [-0.39, 0.29) is 23.0 Å². The number of hydrogen-bond acceptors (Lipinski definition) is 3. The van der Waals surface area contributed by atoms with Crippen LogP contribution in [0.4, 0.5) is 5.69 Å². The van der Waals surface area contributed by atoms with Crippen molar-refractivity contribution in [2.75, 3.05) is 25.6 Å². The second-order valence-corrected chi connectivity index (χ2v) is 7.79. The van der Waals surface area contributed by atoms with Gasteiger partial charge in [-0.2, -0.15) is 0 Å². The van der Waals surface area contributed by atoms with E-state index < -0.39 is 0 Å². The Balaban J connectivity index is 1.69. The molecule has 2 fully saturated rings. The van der Waals surface area contributed by atoms with Gasteiger partial charge >= 0.3 is 0 Å². The molecule has 23 heavy (non-hydrogen) atoms. The summed E-state index contributed by atoms with van der Waals surface area (Å²) in [4.78, 5) is 14.9. The van der Waals surface area contributed by atoms with Crippen LogP contribution in [0.2, 0.25) is 0 Å². The van der Waals surface area contributed by atoms with Crippen LogP contribution in [0.3, 0.4) is 0 Å². The molecule has 126 valence electrons. The van der Waals surface area contributed by atoms with Crippen molar-refractivity contribution in [3.05, 3.63) is 29.8 Å². The molecule has 1 saturated carbocycles. The zero-order chi connectivity index (χ0) is 16.7. The SMILES string of the molecule is CN(C)c1ccc(C2(C(=O)N[C@@H]3CCOC(C)(C)C3)CC2)cc1. The smallest absolute Gasteiger partial charge is 0.230 e. The molecule has 1 saturated heterocycles. The maximum absolute atomic E-state index is 12.9. The lowest BCUT2D eigenvalue weighted by Crippen LogP contribution is -2.48. The maximum atomic E-state index is 12.9. The number of carbonyl (C=O) groups is 1. The number of ether oxygens (including phenoxy) is 1. The van der Waals surface area contributed by atoms with Crippen LogP contribution in [0, 0.1) is 0 Å². The summed E-state index contributed by atoms with van der Waals surface area (Å²) >= 11 is 0. The van der Waals surface area contributed by atoms with E-state index in [9.17, 15) is 4.79 Å². The van der Waals surface area contributed by atoms with Gasteiger partial charge in [0.1, 0.15) is 0 Å². The quantitative estimate of drug-likeness (QED) is 0.929. The van der Waals surface area contributed by atoms with Gasteiger partial charge in [0.05, 0.1) is 11.0 Å². The van der Waals surface area contributed by atoms with Crippen molar-refractivity contribution >= 4 is 11.6 Å². The Labute approximate surface area is 139 Å². The molecule has 0 aromatic heterocycles. The van der Waals surface area contributed by atoms with Crippen LogP contribution < -0.4 is 10.2 Å². The molecule has 2 aliphatic rings. The van der Waals surface area contributed by atoms with Gasteiger partial charge in [0.25, 0.3) is 0 Å². The number of nitrogens with zero attached hydrogens (tertiary/aromatic N) is 1. The molecular weight excluding hydrogens is 288 g/mol. The molecule has 0 radical (unpaired) electrons. The second-order valence-electron chi connectivity index (χ2n) is 7.79. The van der Waals surface area contributed by atoms with E-state index in [1.54, 1.807) is 0 Å². The lowest BCUT2D eigenvalue weighted by Gasteiger charge is -2.36. The molecule has 0 spiro atoms. The Bertz CT molecular complexity index is 574. The van der Waals surface area contributed by atoms with E-state index in [4.69, 9.17) is 4.74 Å². The fraction of sp³-hybridized carbons (Fsp3) is 0.632. The van der Waals surface area contributed by atoms with Crippen LogP contribution in [-0.2, 0) is 14.9 Å². The third-order valence-electron chi connectivity index (χ3n) is 5.15. The zero-order valence-corrected chi connectivity index (χ0v) is 14.7. The van der Waals surface area contributed by atoms with Crippen LogP contribution in [0.1, 0.15) is 45.1 Å². The van der Waals surface area contributed by atoms with Crippen LogP contribution >= 0.6 is 0 Å². The monoisotopic (exact) mass is 316 g/mol. The van der Waals surface area contributed by atoms with E-state index >= 15 is 0 Å². The second kappa shape index (κ2) is 5.82. The maximum Gasteiger partial charge on any atom is 0.230 e. The molecule has 1 amide bonds. The molecule has 1 N–H and O–H groups in total. The van der Waals surface area contributed by atoms with Crippen molar-refractivity contribution in [1.82, 2.24) is 5.32 Å². The summed E-state index contributed by atoms with van der Waals surface area (Å²) < 4.78 is 5.74. The first-order valence-corrected chi connectivity index (χ1v) is 8.55. The Kier molecular flexibility index (Phi) is 4.13. The summed E-state index contributed by atoms with van der Waals surface area (Å²) in [6, 6.07) is 8.64. The van der Waals surface area contributed by atoms with Crippen LogP contribution in [-0.4, -0.2) is 38.3 Å². The summed E-state index contributed by atoms with van der Waals surface area (Å²) in [5, 5.41) is 3.28. The molecule has 0 unspecified atom stereocenters. The first-order chi connectivity index (χ1) is 10.8. The fourth-order valence-electron chi connectivity index (χ4n) is 3.53. The summed E-state index contributed by atoms with van der Waals surface area (Å²) in [5.41, 5.74) is 1.87. The zero-order valence-electron chi connectivity index (χ0n) is 14.7. The van der Waals surface area contributed by atoms with Gasteiger partial charge in [0.2, 0.25) is 5.91 Å². The van der Waals surface area contributed by atoms with Crippen LogP contribution in [0.15, 0.2) is 24.3 Å². The minimum atomic E-state index is -0.298. The summed E-state index contributed by atoms with van der Waals surface area (Å²) in [7, 11) is 4.06. The number of carbonyl (C=O) groups excluding carboxylic acids is 1. The summed E-state index contributed by atoms with van der Waals surface area (Å²) in [6.45, 7) is 4.92. The summed E-state index contributed by atoms with van der Waals surface area (Å²) in [6.07, 6.45) is 3.69. The molecule has 1 aromatic rings. The highest BCUT2D eigenvalue weighted by molar-refractivity contribution is 5.91. The van der Waals surface area contributed by atoms with E-state index in [1.165, 1.54) is 0 Å². The predicted octanol–water partition coefficient (Wildman–Crippen LogP) is 2.86. The van der Waals surface area contributed by atoms with Gasteiger partial charge in [-0.1, -0.05) is 12.1 Å². The average Bonchev–Trinajstić information content (AvgIpc) is 3.28. The van der Waals surface area contributed by atoms with Gasteiger partial charge in [0.15, 0.2) is 0 Å². The van der Waals surface area contributed by atoms with E-state index in [0.29, 0.717) is 0 Å². The topological polar surface area (TPSA) is 41.6 Å². The van der Waals surface area contributed by atoms with E-state index in [0.717, 1.165) is 43.5 Å². The van der Waals surface area contributed by atoms with Gasteiger partial charge in [-0.3, -0.25) is 4.79 Å². The third-order valence-corrected chi connectivity index (χ3v) is 5.15. The molecule has 4 nitrogen and oxygen atoms in total. The van der Waals surface area contributed by atoms with Gasteiger partial charge in [-0.15, -0.1) is 0 Å². The highest BCUT2D eigenvalue weighted by Gasteiger charge is 2.51. The molecule has 4 heteroatoms. The number of amides is 1. The Hall–Kier alpha value is -1.55. The predicted molar refractivity (Wildman–Crippen MR) is 92.9 cm³/mol. The van der Waals surface area contributed by atoms with E-state index in [2.05, 4.69) is 48.3 Å². The number of nitrogens with one attached hydrogen (secondary N) is 1. The Morgan fingerprint density at radius 3 is 2.39 bits per heavy atom. The lowest BCUT2D eigenvalue weighted by atomic mass is 9.91. The first-order valence-electron chi connectivity index (χ1n) is 8.55. The van der Waals surface area contributed by atoms with Gasteiger partial charge in [-0.05, 0) is 57.2 Å². The first kappa shape index (κ1) is 16.3. The highest BCUT2D eigenvalue weighted by atomic mass is 16.5. The number of hydrogen-bond donors (Lipinski definition) is 1. The molecule has 1 heterocycles. The largest absolute Gasteiger partial charge is 0.378 e. The highest BCUT2D eigenvalue weighted by Crippen LogP contribution is 2.49. The molecule has 1 aromatic carbocycles. The number of benzene rings is 1. The van der Waals surface area contributed by atoms with Crippen LogP contribution in [0.25, 0.3) is 0 Å². The van der Waals surface area contributed by atoms with Crippen molar-refractivity contribution in [3.8, 4) is 0 Å². The normalized spacial score (nSPS) is 24.8. The van der Waals surface area contributed by atoms with Gasteiger partial charge in [0, 0.05) is 32.4 Å². The minimum absolute atomic E-state index is 0.139. The Morgan fingerprint density at radius 1 is 1.22 bits per heavy atom. The lowest BCUT2D eigenvalue weighted by molar-refractivity contribution is -0.126. The Morgan fingerprint density at radius 2 is 1.87 bits per heavy atom. The van der Waals surface area contributed by atoms with Crippen molar-refractivity contribution in [1.29, 1.82) is 0 Å². The third kappa shape index (κ3) is 3.37. The van der Waals surface area contributed by atoms with Crippen molar-refractivity contribution < 1.29 is 9.53 Å². The van der Waals surface area contributed by atoms with Crippen molar-refractivity contribution in [2.24, 2.45) is 0 Å². The van der Waals surface area contributed by atoms with Crippen molar-refractivity contribution in [3.63, 3.8) is 0 Å². The molecule has 0 bridgehead atoms. The molecule has 3 rings (SSSR count). The standard InChI is InChI=1S/C19H28N2O2/c1-18(2)13-15(9-12-23-18)20-17(22)19(10-11-19)14-5-7-16(8-6-14)21(3)4/h5-8,15H,9-13H2,1-4H3,(H,20,22)/t15-/m1/s1. The van der Waals surface area contributed by atoms with Crippen LogP contribution in [0.5, 0.6) is 0 Å². The minimum Gasteiger partial charge on any atom is -0.378 e. The number of rotatable bonds is 4. The van der Waals surface area contributed by atoms with Crippen molar-refractivity contribution in [2.45, 2.75) is 56.6 Å². The fourth-order valence-corrected chi connectivity index (χ4v) is 3.53. The number of anilines is 1. The molecule has 1 aliphatic heterocycles. The van der Waals surface area contributed by atoms with E-state index in [1.807, 2.05) is 14.1 Å². The van der Waals surface area contributed by atoms with Gasteiger partial charge in [-0.25, -0.2) is 0 Å². The molecule has 1 atom stereocenters. The summed E-state index contributed by atoms with van der Waals surface area (Å²) in [5.74, 6) is 0.192. The molecule has 1 aliphatic carbocycles. The molecular formula is C19H28N2O2. The average molecular weight is 316 g/mol. The van der Waals surface area contributed by atoms with Gasteiger partial charge < -0.3 is 15.0 Å².